The number of aryl methyl sites for hydroxylation is 1. The lowest BCUT2D eigenvalue weighted by Crippen LogP contribution is -2.50. The van der Waals surface area contributed by atoms with Gasteiger partial charge < -0.3 is 14.2 Å². The van der Waals surface area contributed by atoms with Gasteiger partial charge in [0.25, 0.3) is 11.8 Å². The monoisotopic (exact) mass is 404 g/mol. The molecule has 1 atom stereocenters. The van der Waals surface area contributed by atoms with E-state index in [1.54, 1.807) is 17.0 Å². The third-order valence-corrected chi connectivity index (χ3v) is 7.09. The second-order valence-corrected chi connectivity index (χ2v) is 8.55. The second-order valence-electron chi connectivity index (χ2n) is 7.26. The van der Waals surface area contributed by atoms with E-state index in [0.29, 0.717) is 18.8 Å². The van der Waals surface area contributed by atoms with Crippen LogP contribution in [-0.2, 0) is 16.2 Å². The first-order valence-corrected chi connectivity index (χ1v) is 10.6. The lowest BCUT2D eigenvalue weighted by atomic mass is 10.1. The Hall–Kier alpha value is -2.99. The van der Waals surface area contributed by atoms with E-state index < -0.39 is 4.87 Å². The lowest BCUT2D eigenvalue weighted by Gasteiger charge is -2.32. The Labute approximate surface area is 173 Å². The van der Waals surface area contributed by atoms with E-state index in [-0.39, 0.29) is 17.6 Å². The first-order valence-electron chi connectivity index (χ1n) is 9.58. The molecule has 5 nitrogen and oxygen atoms in total. The minimum absolute atomic E-state index is 0.0654. The van der Waals surface area contributed by atoms with Crippen LogP contribution in [0.15, 0.2) is 71.3 Å². The van der Waals surface area contributed by atoms with Crippen molar-refractivity contribution in [2.75, 3.05) is 17.2 Å². The number of rotatable bonds is 3. The quantitative estimate of drug-likeness (QED) is 0.657. The molecule has 3 aromatic rings. The molecule has 1 aromatic heterocycles. The third-order valence-electron chi connectivity index (χ3n) is 5.67. The summed E-state index contributed by atoms with van der Waals surface area (Å²) in [7, 11) is 0. The third kappa shape index (κ3) is 2.63. The fourth-order valence-electron chi connectivity index (χ4n) is 4.22. The maximum Gasteiger partial charge on any atom is 0.291 e. The summed E-state index contributed by atoms with van der Waals surface area (Å²) in [6, 6.07) is 19.2. The van der Waals surface area contributed by atoms with Gasteiger partial charge in [0.1, 0.15) is 0 Å². The molecule has 2 aliphatic heterocycles. The number of anilines is 1. The minimum atomic E-state index is -1.04. The summed E-state index contributed by atoms with van der Waals surface area (Å²) < 4.78 is 5.35. The molecule has 2 aliphatic rings. The van der Waals surface area contributed by atoms with Gasteiger partial charge in [-0.2, -0.15) is 0 Å². The van der Waals surface area contributed by atoms with E-state index in [2.05, 4.69) is 13.0 Å². The Morgan fingerprint density at radius 1 is 1.10 bits per heavy atom. The lowest BCUT2D eigenvalue weighted by molar-refractivity contribution is -0.123. The zero-order valence-corrected chi connectivity index (χ0v) is 16.8. The highest BCUT2D eigenvalue weighted by molar-refractivity contribution is 8.01. The molecule has 1 fully saturated rings. The van der Waals surface area contributed by atoms with E-state index in [9.17, 15) is 9.59 Å². The number of fused-ring (bicyclic) bond motifs is 2. The van der Waals surface area contributed by atoms with Crippen LogP contribution in [0.2, 0.25) is 0 Å². The molecule has 3 heterocycles. The molecule has 146 valence electrons. The molecule has 0 bridgehead atoms. The smallest absolute Gasteiger partial charge is 0.291 e. The first kappa shape index (κ1) is 18.1. The molecule has 0 saturated carbocycles. The molecular weight excluding hydrogens is 384 g/mol. The highest BCUT2D eigenvalue weighted by Crippen LogP contribution is 2.54. The van der Waals surface area contributed by atoms with Crippen molar-refractivity contribution in [2.45, 2.75) is 18.3 Å². The van der Waals surface area contributed by atoms with Crippen LogP contribution >= 0.6 is 11.8 Å². The topological polar surface area (TPSA) is 53.8 Å². The number of para-hydroxylation sites is 1. The van der Waals surface area contributed by atoms with Crippen molar-refractivity contribution < 1.29 is 14.0 Å². The molecule has 1 saturated heterocycles. The standard InChI is InChI=1S/C23H20N2O3S/c1-16-7-2-3-8-17(16)15-24-19-10-5-4-9-18(19)23(22(24)27)25(12-14-29-23)21(26)20-11-6-13-28-20/h2-11,13H,12,14-15H2,1H3/t23-/m0/s1. The number of carbonyl (C=O) groups is 2. The summed E-state index contributed by atoms with van der Waals surface area (Å²) in [5, 5.41) is 0. The predicted octanol–water partition coefficient (Wildman–Crippen LogP) is 4.18. The van der Waals surface area contributed by atoms with E-state index in [1.807, 2.05) is 47.4 Å². The van der Waals surface area contributed by atoms with Crippen molar-refractivity contribution in [1.82, 2.24) is 4.90 Å². The zero-order chi connectivity index (χ0) is 20.0. The number of hydrogen-bond donors (Lipinski definition) is 0. The van der Waals surface area contributed by atoms with Crippen molar-refractivity contribution >= 4 is 29.3 Å². The van der Waals surface area contributed by atoms with Crippen molar-refractivity contribution in [3.8, 4) is 0 Å². The maximum absolute atomic E-state index is 13.9. The first-order chi connectivity index (χ1) is 14.1. The molecule has 0 aliphatic carbocycles. The highest BCUT2D eigenvalue weighted by atomic mass is 32.2. The molecule has 6 heteroatoms. The molecule has 0 unspecified atom stereocenters. The van der Waals surface area contributed by atoms with Gasteiger partial charge in [0, 0.05) is 17.9 Å². The Kier molecular flexibility index (Phi) is 4.24. The van der Waals surface area contributed by atoms with Gasteiger partial charge in [0.15, 0.2) is 10.6 Å². The largest absolute Gasteiger partial charge is 0.459 e. The van der Waals surface area contributed by atoms with Gasteiger partial charge in [0.2, 0.25) is 0 Å². The number of thioether (sulfide) groups is 1. The number of furan rings is 1. The van der Waals surface area contributed by atoms with E-state index in [1.165, 1.54) is 18.0 Å². The normalized spacial score (nSPS) is 20.5. The zero-order valence-electron chi connectivity index (χ0n) is 16.0. The second kappa shape index (κ2) is 6.81. The van der Waals surface area contributed by atoms with Crippen molar-refractivity contribution in [3.05, 3.63) is 89.4 Å². The minimum Gasteiger partial charge on any atom is -0.459 e. The number of benzene rings is 2. The van der Waals surface area contributed by atoms with Crippen molar-refractivity contribution in [3.63, 3.8) is 0 Å². The van der Waals surface area contributed by atoms with Gasteiger partial charge in [-0.05, 0) is 36.2 Å². The maximum atomic E-state index is 13.9. The summed E-state index contributed by atoms with van der Waals surface area (Å²) in [4.78, 5) is 29.5. The average Bonchev–Trinajstić information content (AvgIpc) is 3.47. The van der Waals surface area contributed by atoms with Crippen molar-refractivity contribution in [1.29, 1.82) is 0 Å². The van der Waals surface area contributed by atoms with Gasteiger partial charge in [-0.15, -0.1) is 11.8 Å². The van der Waals surface area contributed by atoms with Gasteiger partial charge >= 0.3 is 0 Å². The highest BCUT2D eigenvalue weighted by Gasteiger charge is 2.59. The summed E-state index contributed by atoms with van der Waals surface area (Å²) in [6.07, 6.45) is 1.48. The summed E-state index contributed by atoms with van der Waals surface area (Å²) >= 11 is 1.53. The van der Waals surface area contributed by atoms with Gasteiger partial charge in [-0.25, -0.2) is 0 Å². The van der Waals surface area contributed by atoms with Crippen LogP contribution in [0.1, 0.15) is 27.2 Å². The van der Waals surface area contributed by atoms with Crippen LogP contribution in [0.3, 0.4) is 0 Å². The number of amides is 2. The number of nitrogens with zero attached hydrogens (tertiary/aromatic N) is 2. The Balaban J connectivity index is 1.60. The SMILES string of the molecule is Cc1ccccc1CN1C(=O)[C@@]2(SCCN2C(=O)c2ccco2)c2ccccc21. The van der Waals surface area contributed by atoms with Gasteiger partial charge in [-0.1, -0.05) is 42.5 Å². The van der Waals surface area contributed by atoms with Crippen LogP contribution in [0, 0.1) is 6.92 Å². The summed E-state index contributed by atoms with van der Waals surface area (Å²) in [5.74, 6) is 0.643. The Morgan fingerprint density at radius 3 is 2.69 bits per heavy atom. The molecule has 0 N–H and O–H groups in total. The number of hydrogen-bond acceptors (Lipinski definition) is 4. The molecule has 0 radical (unpaired) electrons. The summed E-state index contributed by atoms with van der Waals surface area (Å²) in [6.45, 7) is 3.03. The van der Waals surface area contributed by atoms with Crippen LogP contribution < -0.4 is 4.90 Å². The number of carbonyl (C=O) groups excluding carboxylic acids is 2. The van der Waals surface area contributed by atoms with Gasteiger partial charge in [-0.3, -0.25) is 9.59 Å². The average molecular weight is 404 g/mol. The summed E-state index contributed by atoms with van der Waals surface area (Å²) in [5.41, 5.74) is 3.98. The Morgan fingerprint density at radius 2 is 1.90 bits per heavy atom. The van der Waals surface area contributed by atoms with Crippen LogP contribution in [0.4, 0.5) is 5.69 Å². The molecular formula is C23H20N2O3S. The molecule has 1 spiro atoms. The van der Waals surface area contributed by atoms with E-state index in [0.717, 1.165) is 22.4 Å². The molecule has 5 rings (SSSR count). The molecule has 29 heavy (non-hydrogen) atoms. The van der Waals surface area contributed by atoms with Crippen LogP contribution in [-0.4, -0.2) is 29.0 Å². The van der Waals surface area contributed by atoms with Crippen molar-refractivity contribution in [2.24, 2.45) is 0 Å². The van der Waals surface area contributed by atoms with Crippen LogP contribution in [0.25, 0.3) is 0 Å². The Bertz CT molecular complexity index is 1100. The predicted molar refractivity (Wildman–Crippen MR) is 113 cm³/mol. The van der Waals surface area contributed by atoms with E-state index in [4.69, 9.17) is 4.42 Å². The van der Waals surface area contributed by atoms with E-state index >= 15 is 0 Å². The fraction of sp³-hybridized carbons (Fsp3) is 0.217. The van der Waals surface area contributed by atoms with Gasteiger partial charge in [0.05, 0.1) is 18.5 Å². The fourth-order valence-corrected chi connectivity index (χ4v) is 5.68. The molecule has 2 amide bonds. The van der Waals surface area contributed by atoms with Crippen LogP contribution in [0.5, 0.6) is 0 Å². The molecule has 2 aromatic carbocycles.